The zero-order chi connectivity index (χ0) is 19.5. The van der Waals surface area contributed by atoms with Crippen LogP contribution in [0, 0.1) is 0 Å². The average molecular weight is 397 g/mol. The van der Waals surface area contributed by atoms with E-state index in [4.69, 9.17) is 11.6 Å². The van der Waals surface area contributed by atoms with Gasteiger partial charge in [0.05, 0.1) is 21.8 Å². The molecule has 2 aromatic rings. The minimum atomic E-state index is -3.78. The van der Waals surface area contributed by atoms with E-state index < -0.39 is 16.0 Å². The number of hydrogen-bond acceptors (Lipinski definition) is 6. The molecular weight excluding hydrogens is 380 g/mol. The summed E-state index contributed by atoms with van der Waals surface area (Å²) in [5.41, 5.74) is 3.27. The zero-order valence-corrected chi connectivity index (χ0v) is 15.6. The lowest BCUT2D eigenvalue weighted by atomic mass is 10.2. The van der Waals surface area contributed by atoms with Crippen LogP contribution in [0.4, 0.5) is 11.4 Å². The van der Waals surface area contributed by atoms with Crippen molar-refractivity contribution in [2.45, 2.75) is 4.90 Å². The average Bonchev–Trinajstić information content (AvgIpc) is 2.59. The highest BCUT2D eigenvalue weighted by Crippen LogP contribution is 2.27. The molecule has 0 spiro atoms. The Bertz CT molecular complexity index is 947. The fourth-order valence-electron chi connectivity index (χ4n) is 2.09. The molecule has 0 atom stereocenters. The van der Waals surface area contributed by atoms with Gasteiger partial charge < -0.3 is 5.11 Å². The number of benzene rings is 2. The Balaban J connectivity index is 2.50. The van der Waals surface area contributed by atoms with Gasteiger partial charge in [0.25, 0.3) is 0 Å². The number of carboxylic acid groups (broad SMARTS) is 1. The largest absolute Gasteiger partial charge is 0.478 e. The van der Waals surface area contributed by atoms with Gasteiger partial charge in [-0.1, -0.05) is 17.7 Å². The predicted molar refractivity (Wildman–Crippen MR) is 101 cm³/mol. The Kier molecular flexibility index (Phi) is 5.86. The third-order valence-electron chi connectivity index (χ3n) is 3.41. The summed E-state index contributed by atoms with van der Waals surface area (Å²) in [6.45, 7) is 3.42. The van der Waals surface area contributed by atoms with Crippen molar-refractivity contribution in [3.8, 4) is 0 Å². The molecule has 0 amide bonds. The molecule has 2 rings (SSSR count). The van der Waals surface area contributed by atoms with Gasteiger partial charge in [-0.2, -0.15) is 10.2 Å². The number of hydrogen-bond donors (Lipinski definition) is 2. The standard InChI is InChI=1S/C16H17ClN4O4S/c1-18-21(19-12-6-4-5-11(17)9-12)15-8-7-13(10-14(15)16(22)23)26(24,25)20(2)3/h4-10,19H,1H2,2-3H3,(H,22,23). The number of sulfonamides is 1. The number of nitrogens with one attached hydrogen (secondary N) is 1. The van der Waals surface area contributed by atoms with Gasteiger partial charge in [-0.25, -0.2) is 17.5 Å². The van der Waals surface area contributed by atoms with Crippen molar-refractivity contribution in [1.29, 1.82) is 0 Å². The molecule has 2 N–H and O–H groups in total. The van der Waals surface area contributed by atoms with Crippen molar-refractivity contribution in [3.63, 3.8) is 0 Å². The van der Waals surface area contributed by atoms with Gasteiger partial charge >= 0.3 is 5.97 Å². The third kappa shape index (κ3) is 4.13. The molecule has 0 saturated carbocycles. The van der Waals surface area contributed by atoms with E-state index in [9.17, 15) is 18.3 Å². The number of rotatable bonds is 7. The number of hydrazine groups is 1. The summed E-state index contributed by atoms with van der Waals surface area (Å²) in [4.78, 5) is 11.5. The predicted octanol–water partition coefficient (Wildman–Crippen LogP) is 2.74. The number of anilines is 2. The normalized spacial score (nSPS) is 11.2. The Morgan fingerprint density at radius 3 is 2.46 bits per heavy atom. The summed E-state index contributed by atoms with van der Waals surface area (Å²) >= 11 is 5.93. The summed E-state index contributed by atoms with van der Waals surface area (Å²) in [5, 5.41) is 14.9. The first-order chi connectivity index (χ1) is 12.2. The molecule has 0 aliphatic heterocycles. The van der Waals surface area contributed by atoms with Crippen molar-refractivity contribution < 1.29 is 18.3 Å². The van der Waals surface area contributed by atoms with E-state index in [-0.39, 0.29) is 16.1 Å². The van der Waals surface area contributed by atoms with Gasteiger partial charge in [0.2, 0.25) is 10.0 Å². The number of hydrazone groups is 1. The summed E-state index contributed by atoms with van der Waals surface area (Å²) in [6, 6.07) is 10.4. The van der Waals surface area contributed by atoms with Crippen molar-refractivity contribution in [1.82, 2.24) is 4.31 Å². The van der Waals surface area contributed by atoms with E-state index in [0.29, 0.717) is 10.7 Å². The van der Waals surface area contributed by atoms with Crippen molar-refractivity contribution in [3.05, 3.63) is 53.1 Å². The van der Waals surface area contributed by atoms with E-state index in [1.165, 1.54) is 26.2 Å². The van der Waals surface area contributed by atoms with Crippen LogP contribution in [0.1, 0.15) is 10.4 Å². The molecule has 0 saturated heterocycles. The number of aromatic carboxylic acids is 1. The number of carbonyl (C=O) groups is 1. The van der Waals surface area contributed by atoms with Crippen LogP contribution in [-0.4, -0.2) is 44.6 Å². The number of carboxylic acids is 1. The Labute approximate surface area is 156 Å². The second-order valence-electron chi connectivity index (χ2n) is 5.35. The number of halogens is 1. The molecular formula is C16H17ClN4O4S. The topological polar surface area (TPSA) is 102 Å². The molecule has 0 aliphatic rings. The van der Waals surface area contributed by atoms with Crippen LogP contribution >= 0.6 is 11.6 Å². The first-order valence-electron chi connectivity index (χ1n) is 7.25. The van der Waals surface area contributed by atoms with Crippen LogP contribution in [-0.2, 0) is 10.0 Å². The van der Waals surface area contributed by atoms with Gasteiger partial charge in [-0.15, -0.1) is 0 Å². The molecule has 10 heteroatoms. The maximum absolute atomic E-state index is 12.2. The van der Waals surface area contributed by atoms with E-state index in [0.717, 1.165) is 15.5 Å². The van der Waals surface area contributed by atoms with Gasteiger partial charge in [-0.3, -0.25) is 5.43 Å². The van der Waals surface area contributed by atoms with Crippen LogP contribution in [0.3, 0.4) is 0 Å². The van der Waals surface area contributed by atoms with Gasteiger partial charge in [0.15, 0.2) is 0 Å². The highest BCUT2D eigenvalue weighted by atomic mass is 35.5. The quantitative estimate of drug-likeness (QED) is 0.551. The van der Waals surface area contributed by atoms with Crippen LogP contribution < -0.4 is 10.5 Å². The van der Waals surface area contributed by atoms with Crippen molar-refractivity contribution in [2.24, 2.45) is 5.10 Å². The first kappa shape index (κ1) is 19.7. The highest BCUT2D eigenvalue weighted by molar-refractivity contribution is 7.89. The molecule has 0 aromatic heterocycles. The van der Waals surface area contributed by atoms with E-state index in [1.54, 1.807) is 24.3 Å². The molecule has 2 aromatic carbocycles. The van der Waals surface area contributed by atoms with E-state index >= 15 is 0 Å². The summed E-state index contributed by atoms with van der Waals surface area (Å²) in [7, 11) is -1.05. The van der Waals surface area contributed by atoms with Crippen LogP contribution in [0.25, 0.3) is 0 Å². The first-order valence-corrected chi connectivity index (χ1v) is 9.07. The van der Waals surface area contributed by atoms with Crippen molar-refractivity contribution >= 4 is 45.7 Å². The van der Waals surface area contributed by atoms with Crippen LogP contribution in [0.5, 0.6) is 0 Å². The molecule has 0 bridgehead atoms. The molecule has 138 valence electrons. The van der Waals surface area contributed by atoms with Gasteiger partial charge in [0, 0.05) is 25.8 Å². The summed E-state index contributed by atoms with van der Waals surface area (Å²) in [6.07, 6.45) is 0. The zero-order valence-electron chi connectivity index (χ0n) is 14.0. The smallest absolute Gasteiger partial charge is 0.338 e. The van der Waals surface area contributed by atoms with Gasteiger partial charge in [-0.05, 0) is 36.4 Å². The van der Waals surface area contributed by atoms with Crippen molar-refractivity contribution in [2.75, 3.05) is 24.6 Å². The van der Waals surface area contributed by atoms with Gasteiger partial charge in [0.1, 0.15) is 0 Å². The molecule has 0 radical (unpaired) electrons. The fraction of sp³-hybridized carbons (Fsp3) is 0.125. The third-order valence-corrected chi connectivity index (χ3v) is 5.45. The minimum absolute atomic E-state index is 0.116. The molecule has 0 unspecified atom stereocenters. The minimum Gasteiger partial charge on any atom is -0.478 e. The summed E-state index contributed by atoms with van der Waals surface area (Å²) < 4.78 is 25.5. The van der Waals surface area contributed by atoms with Crippen LogP contribution in [0.2, 0.25) is 5.02 Å². The highest BCUT2D eigenvalue weighted by Gasteiger charge is 2.23. The number of nitrogens with zero attached hydrogens (tertiary/aromatic N) is 3. The Morgan fingerprint density at radius 2 is 1.92 bits per heavy atom. The molecule has 8 nitrogen and oxygen atoms in total. The lowest BCUT2D eigenvalue weighted by Gasteiger charge is -2.23. The maximum Gasteiger partial charge on any atom is 0.338 e. The molecule has 0 heterocycles. The molecule has 26 heavy (non-hydrogen) atoms. The second-order valence-corrected chi connectivity index (χ2v) is 7.94. The molecule has 0 fully saturated rings. The lowest BCUT2D eigenvalue weighted by Crippen LogP contribution is -2.26. The Hall–Kier alpha value is -2.62. The SMILES string of the molecule is C=NN(Nc1cccc(Cl)c1)c1ccc(S(=O)(=O)N(C)C)cc1C(=O)O. The fourth-order valence-corrected chi connectivity index (χ4v) is 3.21. The lowest BCUT2D eigenvalue weighted by molar-refractivity contribution is 0.0697. The van der Waals surface area contributed by atoms with Crippen LogP contribution in [0.15, 0.2) is 52.5 Å². The van der Waals surface area contributed by atoms with E-state index in [2.05, 4.69) is 17.2 Å². The molecule has 0 aliphatic carbocycles. The van der Waals surface area contributed by atoms with E-state index in [1.807, 2.05) is 0 Å². The monoisotopic (exact) mass is 396 g/mol. The summed E-state index contributed by atoms with van der Waals surface area (Å²) in [5.74, 6) is -1.31. The second kappa shape index (κ2) is 7.73. The maximum atomic E-state index is 12.2. The Morgan fingerprint density at radius 1 is 1.23 bits per heavy atom.